The first-order valence-corrected chi connectivity index (χ1v) is 8.10. The third-order valence-corrected chi connectivity index (χ3v) is 5.30. The number of hydrogen-bond donors (Lipinski definition) is 1. The van der Waals surface area contributed by atoms with Crippen LogP contribution in [0, 0.1) is 17.2 Å². The zero-order valence-corrected chi connectivity index (χ0v) is 12.5. The van der Waals surface area contributed by atoms with Crippen LogP contribution in [0.5, 0.6) is 0 Å². The van der Waals surface area contributed by atoms with Gasteiger partial charge in [-0.1, -0.05) is 24.3 Å². The van der Waals surface area contributed by atoms with E-state index in [-0.39, 0.29) is 17.1 Å². The number of ether oxygens (including phenoxy) is 1. The number of morpholine rings is 1. The Labute approximate surface area is 130 Å². The number of nitrogens with zero attached hydrogens (tertiary/aromatic N) is 1. The van der Waals surface area contributed by atoms with Gasteiger partial charge in [0.25, 0.3) is 0 Å². The number of carbonyl (C=O) groups is 1. The molecule has 0 radical (unpaired) electrons. The summed E-state index contributed by atoms with van der Waals surface area (Å²) in [4.78, 5) is 12.7. The summed E-state index contributed by atoms with van der Waals surface area (Å²) < 4.78 is 5.54. The van der Waals surface area contributed by atoms with E-state index in [0.29, 0.717) is 25.3 Å². The SMILES string of the molecule is N#CC1(c2ccc(C(=O)C3CC4COCC(C3)N4)cc2)CC1. The van der Waals surface area contributed by atoms with Crippen molar-refractivity contribution in [2.45, 2.75) is 43.2 Å². The minimum Gasteiger partial charge on any atom is -0.378 e. The van der Waals surface area contributed by atoms with Crippen LogP contribution in [0.2, 0.25) is 0 Å². The molecule has 3 aliphatic rings. The highest BCUT2D eigenvalue weighted by Gasteiger charge is 2.44. The second-order valence-corrected chi connectivity index (χ2v) is 6.90. The first-order valence-electron chi connectivity index (χ1n) is 8.10. The molecule has 0 amide bonds. The van der Waals surface area contributed by atoms with Crippen molar-refractivity contribution in [3.8, 4) is 6.07 Å². The van der Waals surface area contributed by atoms with Crippen LogP contribution in [0.25, 0.3) is 0 Å². The normalized spacial score (nSPS) is 32.0. The summed E-state index contributed by atoms with van der Waals surface area (Å²) in [5.41, 5.74) is 1.57. The summed E-state index contributed by atoms with van der Waals surface area (Å²) in [5, 5.41) is 12.8. The molecule has 2 saturated heterocycles. The lowest BCUT2D eigenvalue weighted by Crippen LogP contribution is -2.55. The number of carbonyl (C=O) groups excluding carboxylic acids is 1. The van der Waals surface area contributed by atoms with E-state index in [1.54, 1.807) is 0 Å². The summed E-state index contributed by atoms with van der Waals surface area (Å²) in [5.74, 6) is 0.337. The van der Waals surface area contributed by atoms with Crippen LogP contribution < -0.4 is 5.32 Å². The molecule has 4 nitrogen and oxygen atoms in total. The van der Waals surface area contributed by atoms with E-state index in [2.05, 4.69) is 11.4 Å². The Balaban J connectivity index is 1.50. The number of hydrogen-bond acceptors (Lipinski definition) is 4. The van der Waals surface area contributed by atoms with Gasteiger partial charge in [0.05, 0.1) is 24.7 Å². The molecule has 2 bridgehead atoms. The molecule has 2 aliphatic heterocycles. The summed E-state index contributed by atoms with van der Waals surface area (Å²) in [6.45, 7) is 1.42. The van der Waals surface area contributed by atoms with Gasteiger partial charge in [-0.3, -0.25) is 4.79 Å². The third-order valence-electron chi connectivity index (χ3n) is 5.30. The zero-order chi connectivity index (χ0) is 15.2. The Bertz CT molecular complexity index is 615. The summed E-state index contributed by atoms with van der Waals surface area (Å²) >= 11 is 0. The second-order valence-electron chi connectivity index (χ2n) is 6.90. The van der Waals surface area contributed by atoms with Gasteiger partial charge < -0.3 is 10.1 Å². The van der Waals surface area contributed by atoms with Crippen LogP contribution in [0.4, 0.5) is 0 Å². The maximum Gasteiger partial charge on any atom is 0.166 e. The average molecular weight is 296 g/mol. The number of piperidine rings is 1. The van der Waals surface area contributed by atoms with Crippen LogP contribution in [-0.4, -0.2) is 31.1 Å². The van der Waals surface area contributed by atoms with Crippen LogP contribution in [0.3, 0.4) is 0 Å². The Morgan fingerprint density at radius 2 is 1.82 bits per heavy atom. The monoisotopic (exact) mass is 296 g/mol. The fraction of sp³-hybridized carbons (Fsp3) is 0.556. The standard InChI is InChI=1S/C18H20N2O2/c19-11-18(5-6-18)14-3-1-12(2-4-14)17(21)13-7-15-9-22-10-16(8-13)20-15/h1-4,13,15-16,20H,5-10H2. The lowest BCUT2D eigenvalue weighted by Gasteiger charge is -2.39. The highest BCUT2D eigenvalue weighted by Crippen LogP contribution is 2.47. The van der Waals surface area contributed by atoms with Gasteiger partial charge in [-0.15, -0.1) is 0 Å². The van der Waals surface area contributed by atoms with Gasteiger partial charge in [-0.2, -0.15) is 5.26 Å². The van der Waals surface area contributed by atoms with E-state index in [9.17, 15) is 10.1 Å². The van der Waals surface area contributed by atoms with Gasteiger partial charge in [0, 0.05) is 23.6 Å². The van der Waals surface area contributed by atoms with Crippen molar-refractivity contribution in [3.63, 3.8) is 0 Å². The third kappa shape index (κ3) is 2.35. The van der Waals surface area contributed by atoms with Crippen molar-refractivity contribution < 1.29 is 9.53 Å². The molecule has 3 fully saturated rings. The molecule has 22 heavy (non-hydrogen) atoms. The van der Waals surface area contributed by atoms with Crippen LogP contribution in [-0.2, 0) is 10.2 Å². The predicted molar refractivity (Wildman–Crippen MR) is 81.6 cm³/mol. The molecule has 1 aromatic carbocycles. The summed E-state index contributed by atoms with van der Waals surface area (Å²) in [6.07, 6.45) is 3.60. The number of benzene rings is 1. The van der Waals surface area contributed by atoms with Crippen molar-refractivity contribution in [3.05, 3.63) is 35.4 Å². The number of fused-ring (bicyclic) bond motifs is 2. The molecule has 4 rings (SSSR count). The Kier molecular flexibility index (Phi) is 3.28. The van der Waals surface area contributed by atoms with Crippen LogP contribution in [0.15, 0.2) is 24.3 Å². The van der Waals surface area contributed by atoms with Crippen molar-refractivity contribution in [2.75, 3.05) is 13.2 Å². The lowest BCUT2D eigenvalue weighted by atomic mass is 9.82. The number of nitrogens with one attached hydrogen (secondary N) is 1. The Hall–Kier alpha value is -1.70. The molecule has 1 aliphatic carbocycles. The maximum absolute atomic E-state index is 12.7. The van der Waals surface area contributed by atoms with Gasteiger partial charge in [-0.05, 0) is 31.2 Å². The molecular formula is C18H20N2O2. The van der Waals surface area contributed by atoms with E-state index in [1.165, 1.54) is 0 Å². The van der Waals surface area contributed by atoms with Crippen molar-refractivity contribution in [2.24, 2.45) is 5.92 Å². The minimum absolute atomic E-state index is 0.0943. The largest absolute Gasteiger partial charge is 0.378 e. The quantitative estimate of drug-likeness (QED) is 0.869. The van der Waals surface area contributed by atoms with E-state index in [4.69, 9.17) is 4.74 Å². The number of rotatable bonds is 3. The summed E-state index contributed by atoms with van der Waals surface area (Å²) in [6, 6.07) is 10.8. The van der Waals surface area contributed by atoms with Gasteiger partial charge in [0.2, 0.25) is 0 Å². The van der Waals surface area contributed by atoms with E-state index < -0.39 is 0 Å². The lowest BCUT2D eigenvalue weighted by molar-refractivity contribution is 0.00953. The predicted octanol–water partition coefficient (Wildman–Crippen LogP) is 2.19. The first kappa shape index (κ1) is 13.9. The molecule has 114 valence electrons. The maximum atomic E-state index is 12.7. The topological polar surface area (TPSA) is 62.1 Å². The molecule has 0 aromatic heterocycles. The molecule has 2 unspecified atom stereocenters. The van der Waals surface area contributed by atoms with Gasteiger partial charge in [0.15, 0.2) is 5.78 Å². The van der Waals surface area contributed by atoms with Crippen LogP contribution in [0.1, 0.15) is 41.6 Å². The zero-order valence-electron chi connectivity index (χ0n) is 12.5. The molecule has 2 heterocycles. The van der Waals surface area contributed by atoms with Gasteiger partial charge in [0.1, 0.15) is 0 Å². The molecular weight excluding hydrogens is 276 g/mol. The fourth-order valence-electron chi connectivity index (χ4n) is 3.83. The number of nitriles is 1. The van der Waals surface area contributed by atoms with Crippen molar-refractivity contribution >= 4 is 5.78 Å². The van der Waals surface area contributed by atoms with E-state index in [0.717, 1.165) is 36.8 Å². The minimum atomic E-state index is -0.273. The highest BCUT2D eigenvalue weighted by atomic mass is 16.5. The number of Topliss-reactive ketones (excluding diaryl/α,β-unsaturated/α-hetero) is 1. The Morgan fingerprint density at radius 3 is 2.36 bits per heavy atom. The molecule has 4 heteroatoms. The molecule has 0 spiro atoms. The van der Waals surface area contributed by atoms with E-state index >= 15 is 0 Å². The summed E-state index contributed by atoms with van der Waals surface area (Å²) in [7, 11) is 0. The van der Waals surface area contributed by atoms with Crippen LogP contribution >= 0.6 is 0 Å². The van der Waals surface area contributed by atoms with Crippen molar-refractivity contribution in [1.29, 1.82) is 5.26 Å². The molecule has 1 N–H and O–H groups in total. The van der Waals surface area contributed by atoms with E-state index in [1.807, 2.05) is 24.3 Å². The van der Waals surface area contributed by atoms with Gasteiger partial charge >= 0.3 is 0 Å². The highest BCUT2D eigenvalue weighted by molar-refractivity contribution is 5.98. The van der Waals surface area contributed by atoms with Gasteiger partial charge in [-0.25, -0.2) is 0 Å². The molecule has 2 atom stereocenters. The first-order chi connectivity index (χ1) is 10.7. The number of ketones is 1. The molecule has 1 aromatic rings. The Morgan fingerprint density at radius 1 is 1.18 bits per heavy atom. The fourth-order valence-corrected chi connectivity index (χ4v) is 3.83. The average Bonchev–Trinajstić information content (AvgIpc) is 3.35. The molecule has 1 saturated carbocycles. The smallest absolute Gasteiger partial charge is 0.166 e. The second kappa shape index (κ2) is 5.19. The van der Waals surface area contributed by atoms with Crippen molar-refractivity contribution in [1.82, 2.24) is 5.32 Å².